The molecule has 0 unspecified atom stereocenters. The molecular formula is C22H35N3O5S. The van der Waals surface area contributed by atoms with E-state index in [1.54, 1.807) is 11.3 Å². The second-order valence-corrected chi connectivity index (χ2v) is 9.59. The number of carboxylic acids is 2. The van der Waals surface area contributed by atoms with Crippen molar-refractivity contribution in [1.82, 2.24) is 15.6 Å². The Morgan fingerprint density at radius 1 is 1.16 bits per heavy atom. The Hall–Kier alpha value is -2.26. The standard InChI is InChI=1S/C18H27N3OS.2C2H4O2/c1-11(2)7-8-18(9-14-5-6-16(18)21-14)17(22)19-10-15-12(3)20-13(4)23-15;2*1-2(3)4/h7,14,16,21H,5-6,8-10H2,1-4H3,(H,19,22);2*1H3,(H,3,4)/t14-,16+,18+;;/m0../s1. The molecule has 0 saturated carbocycles. The van der Waals surface area contributed by atoms with Gasteiger partial charge in [-0.3, -0.25) is 14.4 Å². The second-order valence-electron chi connectivity index (χ2n) is 8.30. The Kier molecular flexibility index (Phi) is 10.3. The van der Waals surface area contributed by atoms with Crippen molar-refractivity contribution in [1.29, 1.82) is 0 Å². The van der Waals surface area contributed by atoms with Crippen LogP contribution in [0.15, 0.2) is 11.6 Å². The summed E-state index contributed by atoms with van der Waals surface area (Å²) in [5.41, 5.74) is 2.06. The van der Waals surface area contributed by atoms with E-state index in [-0.39, 0.29) is 11.3 Å². The number of nitrogens with zero attached hydrogens (tertiary/aromatic N) is 1. The van der Waals surface area contributed by atoms with Crippen LogP contribution < -0.4 is 10.6 Å². The Balaban J connectivity index is 0.000000519. The van der Waals surface area contributed by atoms with Crippen LogP contribution in [0.3, 0.4) is 0 Å². The largest absolute Gasteiger partial charge is 0.481 e. The van der Waals surface area contributed by atoms with Gasteiger partial charge in [0.05, 0.1) is 22.7 Å². The Morgan fingerprint density at radius 2 is 1.74 bits per heavy atom. The van der Waals surface area contributed by atoms with Gasteiger partial charge in [0, 0.05) is 30.8 Å². The number of carboxylic acid groups (broad SMARTS) is 2. The van der Waals surface area contributed by atoms with Crippen molar-refractivity contribution >= 4 is 29.2 Å². The number of fused-ring (bicyclic) bond motifs is 2. The van der Waals surface area contributed by atoms with Gasteiger partial charge in [-0.25, -0.2) is 4.98 Å². The average Bonchev–Trinajstić information content (AvgIpc) is 3.31. The molecule has 2 aliphatic heterocycles. The van der Waals surface area contributed by atoms with Crippen LogP contribution in [0.4, 0.5) is 0 Å². The first-order chi connectivity index (χ1) is 14.4. The molecule has 0 aromatic carbocycles. The van der Waals surface area contributed by atoms with Crippen LogP contribution in [0.25, 0.3) is 0 Å². The number of hydrogen-bond donors (Lipinski definition) is 4. The average molecular weight is 454 g/mol. The number of nitrogens with one attached hydrogen (secondary N) is 2. The summed E-state index contributed by atoms with van der Waals surface area (Å²) in [6.45, 7) is 11.0. The Labute approximate surface area is 188 Å². The van der Waals surface area contributed by atoms with E-state index in [2.05, 4.69) is 35.5 Å². The minimum Gasteiger partial charge on any atom is -0.481 e. The molecule has 0 aliphatic carbocycles. The van der Waals surface area contributed by atoms with Gasteiger partial charge in [-0.2, -0.15) is 0 Å². The van der Waals surface area contributed by atoms with Gasteiger partial charge in [0.1, 0.15) is 0 Å². The molecule has 2 bridgehead atoms. The van der Waals surface area contributed by atoms with Crippen LogP contribution in [0.2, 0.25) is 0 Å². The highest BCUT2D eigenvalue weighted by molar-refractivity contribution is 7.11. The van der Waals surface area contributed by atoms with Crippen LogP contribution in [-0.2, 0) is 20.9 Å². The summed E-state index contributed by atoms with van der Waals surface area (Å²) in [5, 5.41) is 22.7. The molecule has 0 radical (unpaired) electrons. The topological polar surface area (TPSA) is 129 Å². The van der Waals surface area contributed by atoms with E-state index in [9.17, 15) is 4.79 Å². The molecule has 1 amide bonds. The van der Waals surface area contributed by atoms with Crippen LogP contribution in [-0.4, -0.2) is 45.1 Å². The number of carbonyl (C=O) groups is 3. The quantitative estimate of drug-likeness (QED) is 0.503. The van der Waals surface area contributed by atoms with Crippen molar-refractivity contribution in [2.45, 2.75) is 85.9 Å². The van der Waals surface area contributed by atoms with E-state index in [1.807, 2.05) is 13.8 Å². The number of rotatable bonds is 5. The highest BCUT2D eigenvalue weighted by atomic mass is 32.1. The van der Waals surface area contributed by atoms with E-state index < -0.39 is 11.9 Å². The zero-order valence-corrected chi connectivity index (χ0v) is 20.1. The van der Waals surface area contributed by atoms with E-state index in [0.717, 1.165) is 43.8 Å². The fourth-order valence-electron chi connectivity index (χ4n) is 4.03. The lowest BCUT2D eigenvalue weighted by atomic mass is 9.70. The summed E-state index contributed by atoms with van der Waals surface area (Å²) in [6, 6.07) is 0.844. The van der Waals surface area contributed by atoms with Gasteiger partial charge >= 0.3 is 0 Å². The molecule has 8 nitrogen and oxygen atoms in total. The summed E-state index contributed by atoms with van der Waals surface area (Å²) in [6.07, 6.45) is 6.36. The molecule has 9 heteroatoms. The van der Waals surface area contributed by atoms with Gasteiger partial charge < -0.3 is 20.8 Å². The maximum Gasteiger partial charge on any atom is 0.300 e. The first-order valence-corrected chi connectivity index (χ1v) is 11.2. The molecule has 2 aliphatic rings. The smallest absolute Gasteiger partial charge is 0.300 e. The van der Waals surface area contributed by atoms with Crippen molar-refractivity contribution in [3.63, 3.8) is 0 Å². The first kappa shape index (κ1) is 26.8. The van der Waals surface area contributed by atoms with Crippen LogP contribution in [0.1, 0.15) is 69.0 Å². The first-order valence-electron chi connectivity index (χ1n) is 10.4. The summed E-state index contributed by atoms with van der Waals surface area (Å²) in [4.78, 5) is 36.7. The molecule has 3 atom stereocenters. The molecule has 31 heavy (non-hydrogen) atoms. The minimum absolute atomic E-state index is 0.208. The van der Waals surface area contributed by atoms with E-state index >= 15 is 0 Å². The fraction of sp³-hybridized carbons (Fsp3) is 0.636. The monoisotopic (exact) mass is 453 g/mol. The molecule has 4 N–H and O–H groups in total. The third kappa shape index (κ3) is 8.41. The molecule has 174 valence electrons. The molecule has 2 saturated heterocycles. The lowest BCUT2D eigenvalue weighted by Gasteiger charge is -2.34. The molecule has 3 rings (SSSR count). The molecule has 1 aromatic rings. The number of hydrogen-bond acceptors (Lipinski definition) is 6. The third-order valence-corrected chi connectivity index (χ3v) is 6.33. The number of thiazole rings is 1. The van der Waals surface area contributed by atoms with Crippen LogP contribution in [0.5, 0.6) is 0 Å². The van der Waals surface area contributed by atoms with Crippen molar-refractivity contribution < 1.29 is 24.6 Å². The number of amides is 1. The van der Waals surface area contributed by atoms with Gasteiger partial charge in [0.2, 0.25) is 5.91 Å². The van der Waals surface area contributed by atoms with Crippen molar-refractivity contribution in [2.24, 2.45) is 5.41 Å². The van der Waals surface area contributed by atoms with Crippen molar-refractivity contribution in [3.05, 3.63) is 27.2 Å². The molecular weight excluding hydrogens is 418 g/mol. The summed E-state index contributed by atoms with van der Waals surface area (Å²) in [5.74, 6) is -1.46. The number of aryl methyl sites for hydroxylation is 2. The minimum atomic E-state index is -0.833. The van der Waals surface area contributed by atoms with E-state index in [1.165, 1.54) is 16.9 Å². The van der Waals surface area contributed by atoms with Gasteiger partial charge in [-0.1, -0.05) is 11.6 Å². The SMILES string of the molecule is CC(=O)O.CC(=O)O.CC(C)=CC[C@@]1(C(=O)NCc2sc(C)nc2C)C[C@@H]2CC[C@H]1N2. The highest BCUT2D eigenvalue weighted by Gasteiger charge is 2.54. The Morgan fingerprint density at radius 3 is 2.13 bits per heavy atom. The highest BCUT2D eigenvalue weighted by Crippen LogP contribution is 2.46. The maximum atomic E-state index is 13.1. The normalized spacial score (nSPS) is 23.0. The Bertz CT molecular complexity index is 796. The van der Waals surface area contributed by atoms with Crippen molar-refractivity contribution in [3.8, 4) is 0 Å². The molecule has 0 spiro atoms. The zero-order chi connectivity index (χ0) is 23.8. The maximum absolute atomic E-state index is 13.1. The number of aromatic nitrogens is 1. The summed E-state index contributed by atoms with van der Waals surface area (Å²) in [7, 11) is 0. The fourth-order valence-corrected chi connectivity index (χ4v) is 4.90. The van der Waals surface area contributed by atoms with Gasteiger partial charge in [0.15, 0.2) is 0 Å². The lowest BCUT2D eigenvalue weighted by molar-refractivity contribution is -0.135. The number of carbonyl (C=O) groups excluding carboxylic acids is 1. The lowest BCUT2D eigenvalue weighted by Crippen LogP contribution is -2.48. The second kappa shape index (κ2) is 12.0. The molecule has 1 aromatic heterocycles. The van der Waals surface area contributed by atoms with Crippen molar-refractivity contribution in [2.75, 3.05) is 0 Å². The number of allylic oxidation sites excluding steroid dienone is 2. The molecule has 3 heterocycles. The molecule has 2 fully saturated rings. The van der Waals surface area contributed by atoms with E-state index in [0.29, 0.717) is 18.6 Å². The van der Waals surface area contributed by atoms with Gasteiger partial charge in [-0.15, -0.1) is 11.3 Å². The van der Waals surface area contributed by atoms with Crippen LogP contribution in [0, 0.1) is 19.3 Å². The van der Waals surface area contributed by atoms with E-state index in [4.69, 9.17) is 19.8 Å². The van der Waals surface area contributed by atoms with Crippen LogP contribution >= 0.6 is 11.3 Å². The predicted molar refractivity (Wildman–Crippen MR) is 121 cm³/mol. The number of aliphatic carboxylic acids is 2. The van der Waals surface area contributed by atoms with Gasteiger partial charge in [0.25, 0.3) is 11.9 Å². The third-order valence-electron chi connectivity index (χ3n) is 5.25. The summed E-state index contributed by atoms with van der Waals surface area (Å²) >= 11 is 1.68. The predicted octanol–water partition coefficient (Wildman–Crippen LogP) is 3.42. The van der Waals surface area contributed by atoms with Gasteiger partial charge in [-0.05, 0) is 53.4 Å². The summed E-state index contributed by atoms with van der Waals surface area (Å²) < 4.78 is 0. The zero-order valence-electron chi connectivity index (χ0n) is 19.2.